The molecule has 0 aliphatic carbocycles. The van der Waals surface area contributed by atoms with Gasteiger partial charge in [0.2, 0.25) is 0 Å². The molecule has 1 saturated heterocycles. The van der Waals surface area contributed by atoms with E-state index in [0.29, 0.717) is 0 Å². The van der Waals surface area contributed by atoms with Crippen molar-refractivity contribution >= 4 is 18.4 Å². The average Bonchev–Trinajstić information content (AvgIpc) is 2.44. The summed E-state index contributed by atoms with van der Waals surface area (Å²) in [5.74, 6) is 0. The van der Waals surface area contributed by atoms with Crippen LogP contribution in [0.25, 0.3) is 0 Å². The van der Waals surface area contributed by atoms with Crippen LogP contribution in [-0.4, -0.2) is 42.9 Å². The first-order chi connectivity index (χ1) is 9.20. The van der Waals surface area contributed by atoms with Gasteiger partial charge in [0.1, 0.15) is 0 Å². The first-order valence-electron chi connectivity index (χ1n) is 8.60. The molecule has 0 aromatic rings. The summed E-state index contributed by atoms with van der Waals surface area (Å²) in [6, 6.07) is 0. The van der Waals surface area contributed by atoms with Crippen LogP contribution < -0.4 is 0 Å². The van der Waals surface area contributed by atoms with Gasteiger partial charge in [-0.15, -0.1) is 0 Å². The maximum absolute atomic E-state index is 2.74. The number of rotatable bonds is 9. The summed E-state index contributed by atoms with van der Waals surface area (Å²) in [6.07, 6.45) is 12.5. The Bertz CT molecular complexity index is 236. The fourth-order valence-corrected chi connectivity index (χ4v) is 13.3. The van der Waals surface area contributed by atoms with Gasteiger partial charge in [-0.05, 0) is 0 Å². The van der Waals surface area contributed by atoms with Gasteiger partial charge in [-0.25, -0.2) is 0 Å². The number of hydrogen-bond donors (Lipinski definition) is 0. The summed E-state index contributed by atoms with van der Waals surface area (Å²) in [6.45, 7) is 8.57. The molecule has 0 radical (unpaired) electrons. The molecule has 1 nitrogen and oxygen atoms in total. The predicted octanol–water partition coefficient (Wildman–Crippen LogP) is 5.25. The van der Waals surface area contributed by atoms with Crippen LogP contribution in [0.15, 0.2) is 10.2 Å². The second-order valence-electron chi connectivity index (χ2n) is 6.62. The third-order valence-corrected chi connectivity index (χ3v) is 16.0. The summed E-state index contributed by atoms with van der Waals surface area (Å²) >= 11 is -1.87. The van der Waals surface area contributed by atoms with Gasteiger partial charge in [0, 0.05) is 0 Å². The van der Waals surface area contributed by atoms with Crippen LogP contribution in [-0.2, 0) is 0 Å². The van der Waals surface area contributed by atoms with Crippen molar-refractivity contribution in [2.45, 2.75) is 72.6 Å². The van der Waals surface area contributed by atoms with E-state index < -0.39 is 18.4 Å². The SMILES string of the molecule is CCC[CH2][Sn]([CH3])(/[CH]=C/CN1CCCCC1)[CH2]CCC. The van der Waals surface area contributed by atoms with Crippen LogP contribution in [0.3, 0.4) is 0 Å². The minimum atomic E-state index is -1.87. The Kier molecular flexibility index (Phi) is 9.48. The van der Waals surface area contributed by atoms with E-state index in [9.17, 15) is 0 Å². The topological polar surface area (TPSA) is 3.24 Å². The zero-order valence-electron chi connectivity index (χ0n) is 13.6. The van der Waals surface area contributed by atoms with Gasteiger partial charge in [-0.3, -0.25) is 0 Å². The second kappa shape index (κ2) is 10.3. The van der Waals surface area contributed by atoms with Gasteiger partial charge < -0.3 is 0 Å². The summed E-state index contributed by atoms with van der Waals surface area (Å²) in [4.78, 5) is 5.32. The molecule has 0 unspecified atom stereocenters. The molecule has 1 aliphatic heterocycles. The molecule has 0 atom stereocenters. The third kappa shape index (κ3) is 7.74. The zero-order valence-corrected chi connectivity index (χ0v) is 16.4. The Morgan fingerprint density at radius 3 is 2.05 bits per heavy atom. The molecule has 19 heavy (non-hydrogen) atoms. The molecule has 1 rings (SSSR count). The number of likely N-dealkylation sites (tertiary alicyclic amines) is 1. The molecule has 0 saturated carbocycles. The van der Waals surface area contributed by atoms with E-state index >= 15 is 0 Å². The van der Waals surface area contributed by atoms with Crippen molar-refractivity contribution in [1.29, 1.82) is 0 Å². The Balaban J connectivity index is 2.40. The normalized spacial score (nSPS) is 18.3. The molecule has 0 spiro atoms. The van der Waals surface area contributed by atoms with Crippen molar-refractivity contribution in [2.24, 2.45) is 0 Å². The van der Waals surface area contributed by atoms with E-state index in [0.717, 1.165) is 0 Å². The first-order valence-corrected chi connectivity index (χ1v) is 17.1. The maximum atomic E-state index is 2.74. The van der Waals surface area contributed by atoms with Crippen molar-refractivity contribution in [3.8, 4) is 0 Å². The molecule has 1 fully saturated rings. The molecule has 0 amide bonds. The fourth-order valence-electron chi connectivity index (χ4n) is 3.08. The molecule has 0 N–H and O–H groups in total. The van der Waals surface area contributed by atoms with Crippen LogP contribution in [0.1, 0.15) is 58.8 Å². The summed E-state index contributed by atoms with van der Waals surface area (Å²) < 4.78 is 5.89. The standard InChI is InChI=1S/C8H14N.2C4H9.CH3.Sn/c1-2-6-9-7-4-3-5-8-9;2*1-3-4-2;;/h1-2H,3-8H2;2*1,3-4H2,2H3;1H3;. The van der Waals surface area contributed by atoms with Gasteiger partial charge in [0.25, 0.3) is 0 Å². The predicted molar refractivity (Wildman–Crippen MR) is 90.5 cm³/mol. The van der Waals surface area contributed by atoms with Crippen LogP contribution in [0.4, 0.5) is 0 Å². The second-order valence-corrected chi connectivity index (χ2v) is 19.9. The Labute approximate surface area is 125 Å². The fraction of sp³-hybridized carbons (Fsp3) is 0.882. The number of piperidine rings is 1. The number of unbranched alkanes of at least 4 members (excludes halogenated alkanes) is 2. The monoisotopic (exact) mass is 373 g/mol. The van der Waals surface area contributed by atoms with Crippen molar-refractivity contribution in [2.75, 3.05) is 19.6 Å². The summed E-state index contributed by atoms with van der Waals surface area (Å²) in [5.41, 5.74) is 0. The molecule has 1 heterocycles. The molecule has 0 bridgehead atoms. The van der Waals surface area contributed by atoms with E-state index in [-0.39, 0.29) is 0 Å². The van der Waals surface area contributed by atoms with E-state index in [1.54, 1.807) is 8.87 Å². The Morgan fingerprint density at radius 2 is 1.53 bits per heavy atom. The average molecular weight is 372 g/mol. The van der Waals surface area contributed by atoms with Crippen LogP contribution >= 0.6 is 0 Å². The molecular weight excluding hydrogens is 337 g/mol. The molecule has 112 valence electrons. The van der Waals surface area contributed by atoms with Crippen LogP contribution in [0, 0.1) is 0 Å². The van der Waals surface area contributed by atoms with Gasteiger partial charge in [0.05, 0.1) is 0 Å². The van der Waals surface area contributed by atoms with Crippen LogP contribution in [0.5, 0.6) is 0 Å². The van der Waals surface area contributed by atoms with Crippen molar-refractivity contribution in [3.05, 3.63) is 10.2 Å². The van der Waals surface area contributed by atoms with Crippen molar-refractivity contribution in [1.82, 2.24) is 4.90 Å². The van der Waals surface area contributed by atoms with Gasteiger partial charge in [-0.1, -0.05) is 0 Å². The van der Waals surface area contributed by atoms with Crippen LogP contribution in [0.2, 0.25) is 13.8 Å². The van der Waals surface area contributed by atoms with E-state index in [2.05, 4.69) is 33.9 Å². The van der Waals surface area contributed by atoms with E-state index in [1.807, 2.05) is 0 Å². The number of nitrogens with zero attached hydrogens (tertiary/aromatic N) is 1. The minimum absolute atomic E-state index is 1.23. The van der Waals surface area contributed by atoms with Crippen molar-refractivity contribution in [3.63, 3.8) is 0 Å². The molecular formula is C17H35NSn. The summed E-state index contributed by atoms with van der Waals surface area (Å²) in [5, 5.41) is 0. The Hall–Kier alpha value is 0.499. The summed E-state index contributed by atoms with van der Waals surface area (Å²) in [7, 11) is 0. The van der Waals surface area contributed by atoms with Gasteiger partial charge in [0.15, 0.2) is 0 Å². The molecule has 0 aromatic heterocycles. The van der Waals surface area contributed by atoms with Gasteiger partial charge in [-0.2, -0.15) is 0 Å². The Morgan fingerprint density at radius 1 is 0.947 bits per heavy atom. The first kappa shape index (κ1) is 17.5. The molecule has 2 heteroatoms. The quantitative estimate of drug-likeness (QED) is 0.500. The van der Waals surface area contributed by atoms with E-state index in [1.165, 1.54) is 64.6 Å². The molecule has 1 aliphatic rings. The third-order valence-electron chi connectivity index (χ3n) is 4.54. The number of hydrogen-bond acceptors (Lipinski definition) is 1. The van der Waals surface area contributed by atoms with E-state index in [4.69, 9.17) is 0 Å². The molecule has 0 aromatic carbocycles. The zero-order chi connectivity index (χ0) is 14.0. The van der Waals surface area contributed by atoms with Crippen molar-refractivity contribution < 1.29 is 0 Å². The van der Waals surface area contributed by atoms with Gasteiger partial charge >= 0.3 is 126 Å².